The monoisotopic (exact) mass is 237 g/mol. The van der Waals surface area contributed by atoms with Crippen molar-refractivity contribution in [2.45, 2.75) is 33.2 Å². The van der Waals surface area contributed by atoms with Crippen LogP contribution in [0.4, 0.5) is 0 Å². The number of esters is 1. The highest BCUT2D eigenvalue weighted by Gasteiger charge is 2.15. The fourth-order valence-electron chi connectivity index (χ4n) is 1.57. The lowest BCUT2D eigenvalue weighted by Crippen LogP contribution is -2.18. The molecule has 0 heterocycles. The van der Waals surface area contributed by atoms with Crippen molar-refractivity contribution in [3.8, 4) is 11.5 Å². The van der Waals surface area contributed by atoms with Gasteiger partial charge in [0.05, 0.1) is 0 Å². The van der Waals surface area contributed by atoms with Gasteiger partial charge in [-0.15, -0.1) is 0 Å². The second-order valence-corrected chi connectivity index (χ2v) is 4.23. The minimum Gasteiger partial charge on any atom is -0.504 e. The minimum atomic E-state index is -0.459. The molecule has 0 radical (unpaired) electrons. The van der Waals surface area contributed by atoms with Crippen molar-refractivity contribution < 1.29 is 14.6 Å². The number of phenols is 1. The van der Waals surface area contributed by atoms with Gasteiger partial charge in [0.25, 0.3) is 0 Å². The van der Waals surface area contributed by atoms with Crippen LogP contribution in [0.3, 0.4) is 0 Å². The maximum Gasteiger partial charge on any atom is 0.308 e. The molecule has 1 aromatic rings. The molecule has 0 spiro atoms. The van der Waals surface area contributed by atoms with E-state index in [4.69, 9.17) is 10.5 Å². The van der Waals surface area contributed by atoms with E-state index in [0.29, 0.717) is 5.92 Å². The zero-order valence-electron chi connectivity index (χ0n) is 10.4. The highest BCUT2D eigenvalue weighted by atomic mass is 16.5. The van der Waals surface area contributed by atoms with E-state index < -0.39 is 5.97 Å². The number of hydrogen-bond acceptors (Lipinski definition) is 4. The number of ether oxygens (including phenoxy) is 1. The van der Waals surface area contributed by atoms with Crippen LogP contribution >= 0.6 is 0 Å². The molecule has 0 amide bonds. The smallest absolute Gasteiger partial charge is 0.308 e. The molecule has 17 heavy (non-hydrogen) atoms. The first-order chi connectivity index (χ1) is 7.95. The average Bonchev–Trinajstić information content (AvgIpc) is 2.29. The van der Waals surface area contributed by atoms with Crippen molar-refractivity contribution in [1.29, 1.82) is 0 Å². The topological polar surface area (TPSA) is 72.5 Å². The number of phenolic OH excluding ortho intramolecular Hbond substituents is 1. The quantitative estimate of drug-likeness (QED) is 0.623. The third kappa shape index (κ3) is 3.46. The highest BCUT2D eigenvalue weighted by Crippen LogP contribution is 2.31. The zero-order chi connectivity index (χ0) is 13.0. The van der Waals surface area contributed by atoms with Crippen molar-refractivity contribution in [3.05, 3.63) is 23.8 Å². The number of rotatable bonds is 4. The van der Waals surface area contributed by atoms with E-state index in [1.165, 1.54) is 6.92 Å². The third-order valence-electron chi connectivity index (χ3n) is 2.88. The lowest BCUT2D eigenvalue weighted by molar-refractivity contribution is -0.132. The van der Waals surface area contributed by atoms with Crippen molar-refractivity contribution in [2.24, 2.45) is 11.7 Å². The number of carbonyl (C=O) groups is 1. The molecular weight excluding hydrogens is 218 g/mol. The molecule has 2 atom stereocenters. The Morgan fingerprint density at radius 2 is 2.18 bits per heavy atom. The molecule has 0 aliphatic carbocycles. The van der Waals surface area contributed by atoms with E-state index in [1.807, 2.05) is 0 Å². The molecule has 94 valence electrons. The van der Waals surface area contributed by atoms with Gasteiger partial charge >= 0.3 is 5.97 Å². The Morgan fingerprint density at radius 3 is 2.65 bits per heavy atom. The molecule has 0 saturated carbocycles. The van der Waals surface area contributed by atoms with Gasteiger partial charge in [-0.05, 0) is 23.6 Å². The van der Waals surface area contributed by atoms with Gasteiger partial charge in [0.15, 0.2) is 11.5 Å². The summed E-state index contributed by atoms with van der Waals surface area (Å²) >= 11 is 0. The van der Waals surface area contributed by atoms with Gasteiger partial charge in [0, 0.05) is 13.0 Å². The Morgan fingerprint density at radius 1 is 1.53 bits per heavy atom. The maximum atomic E-state index is 10.8. The molecule has 4 nitrogen and oxygen atoms in total. The second-order valence-electron chi connectivity index (χ2n) is 4.23. The van der Waals surface area contributed by atoms with Gasteiger partial charge in [-0.2, -0.15) is 0 Å². The predicted molar refractivity (Wildman–Crippen MR) is 65.8 cm³/mol. The summed E-state index contributed by atoms with van der Waals surface area (Å²) in [6.07, 6.45) is 0.966. The number of nitrogens with two attached hydrogens (primary N) is 1. The molecule has 0 aromatic heterocycles. The summed E-state index contributed by atoms with van der Waals surface area (Å²) in [7, 11) is 0. The number of benzene rings is 1. The van der Waals surface area contributed by atoms with Crippen LogP contribution in [0.15, 0.2) is 18.2 Å². The summed E-state index contributed by atoms with van der Waals surface area (Å²) < 4.78 is 4.84. The van der Waals surface area contributed by atoms with E-state index in [2.05, 4.69) is 13.8 Å². The Kier molecular flexibility index (Phi) is 4.52. The zero-order valence-corrected chi connectivity index (χ0v) is 10.4. The molecule has 0 aliphatic rings. The lowest BCUT2D eigenvalue weighted by atomic mass is 9.93. The van der Waals surface area contributed by atoms with Gasteiger partial charge in [0.2, 0.25) is 0 Å². The standard InChI is InChI=1S/C13H19NO3/c1-4-8(2)13(14)10-5-6-12(11(16)7-10)17-9(3)15/h5-8,13,16H,4,14H2,1-3H3/t8?,13-/m0/s1. The fraction of sp³-hybridized carbons (Fsp3) is 0.462. The normalized spacial score (nSPS) is 14.1. The maximum absolute atomic E-state index is 10.8. The molecule has 0 aliphatic heterocycles. The summed E-state index contributed by atoms with van der Waals surface area (Å²) in [5, 5.41) is 9.71. The first kappa shape index (κ1) is 13.5. The van der Waals surface area contributed by atoms with Crippen molar-refractivity contribution in [2.75, 3.05) is 0 Å². The molecular formula is C13H19NO3. The van der Waals surface area contributed by atoms with Gasteiger partial charge in [-0.1, -0.05) is 26.3 Å². The summed E-state index contributed by atoms with van der Waals surface area (Å²) in [4.78, 5) is 10.8. The molecule has 1 aromatic carbocycles. The third-order valence-corrected chi connectivity index (χ3v) is 2.88. The van der Waals surface area contributed by atoms with Crippen molar-refractivity contribution in [1.82, 2.24) is 0 Å². The first-order valence-corrected chi connectivity index (χ1v) is 5.72. The number of aromatic hydroxyl groups is 1. The number of carbonyl (C=O) groups excluding carboxylic acids is 1. The largest absolute Gasteiger partial charge is 0.504 e. The van der Waals surface area contributed by atoms with Crippen LogP contribution in [0, 0.1) is 5.92 Å². The highest BCUT2D eigenvalue weighted by molar-refractivity contribution is 5.70. The van der Waals surface area contributed by atoms with E-state index in [1.54, 1.807) is 18.2 Å². The van der Waals surface area contributed by atoms with Crippen LogP contribution in [0.25, 0.3) is 0 Å². The Balaban J connectivity index is 2.92. The Labute approximate surface area is 101 Å². The minimum absolute atomic E-state index is 0.0588. The fourth-order valence-corrected chi connectivity index (χ4v) is 1.57. The van der Waals surface area contributed by atoms with Gasteiger partial charge in [-0.3, -0.25) is 4.79 Å². The molecule has 1 unspecified atom stereocenters. The van der Waals surface area contributed by atoms with Crippen LogP contribution in [0.5, 0.6) is 11.5 Å². The summed E-state index contributed by atoms with van der Waals surface area (Å²) in [5.74, 6) is -0.0256. The Hall–Kier alpha value is -1.55. The van der Waals surface area contributed by atoms with E-state index in [9.17, 15) is 9.90 Å². The van der Waals surface area contributed by atoms with Crippen molar-refractivity contribution in [3.63, 3.8) is 0 Å². The van der Waals surface area contributed by atoms with Crippen LogP contribution in [-0.2, 0) is 4.79 Å². The molecule has 4 heteroatoms. The molecule has 0 bridgehead atoms. The SMILES string of the molecule is CCC(C)[C@H](N)c1ccc(OC(C)=O)c(O)c1. The van der Waals surface area contributed by atoms with E-state index in [-0.39, 0.29) is 17.5 Å². The molecule has 0 fully saturated rings. The summed E-state index contributed by atoms with van der Waals surface area (Å²) in [6.45, 7) is 5.41. The van der Waals surface area contributed by atoms with Gasteiger partial charge in [0.1, 0.15) is 0 Å². The first-order valence-electron chi connectivity index (χ1n) is 5.72. The van der Waals surface area contributed by atoms with Crippen LogP contribution < -0.4 is 10.5 Å². The van der Waals surface area contributed by atoms with Gasteiger partial charge in [-0.25, -0.2) is 0 Å². The molecule has 0 saturated heterocycles. The van der Waals surface area contributed by atoms with Crippen molar-refractivity contribution >= 4 is 5.97 Å². The average molecular weight is 237 g/mol. The molecule has 1 rings (SSSR count). The molecule has 3 N–H and O–H groups in total. The second kappa shape index (κ2) is 5.68. The lowest BCUT2D eigenvalue weighted by Gasteiger charge is -2.19. The van der Waals surface area contributed by atoms with Crippen LogP contribution in [0.1, 0.15) is 38.8 Å². The number of hydrogen-bond donors (Lipinski definition) is 2. The summed E-state index contributed by atoms with van der Waals surface area (Å²) in [6, 6.07) is 4.76. The summed E-state index contributed by atoms with van der Waals surface area (Å²) in [5.41, 5.74) is 6.89. The van der Waals surface area contributed by atoms with Crippen LogP contribution in [0.2, 0.25) is 0 Å². The van der Waals surface area contributed by atoms with E-state index >= 15 is 0 Å². The van der Waals surface area contributed by atoms with E-state index in [0.717, 1.165) is 12.0 Å². The Bertz CT molecular complexity index is 404. The van der Waals surface area contributed by atoms with Gasteiger partial charge < -0.3 is 15.6 Å². The van der Waals surface area contributed by atoms with Crippen LogP contribution in [-0.4, -0.2) is 11.1 Å². The predicted octanol–water partition coefficient (Wildman–Crippen LogP) is 2.36.